The van der Waals surface area contributed by atoms with E-state index < -0.39 is 0 Å². The molecule has 0 saturated carbocycles. The molecule has 0 bridgehead atoms. The van der Waals surface area contributed by atoms with Crippen molar-refractivity contribution in [2.75, 3.05) is 13.7 Å². The minimum absolute atomic E-state index is 0.654. The Morgan fingerprint density at radius 1 is 1.15 bits per heavy atom. The fourth-order valence-corrected chi connectivity index (χ4v) is 3.73. The molecular formula is C18H29NO. The lowest BCUT2D eigenvalue weighted by molar-refractivity contribution is 0.247. The molecule has 3 atom stereocenters. The smallest absolute Gasteiger partial charge is 0.118 e. The number of piperidine rings is 1. The largest absolute Gasteiger partial charge is 0.497 e. The van der Waals surface area contributed by atoms with Crippen LogP contribution in [0.15, 0.2) is 24.3 Å². The van der Waals surface area contributed by atoms with E-state index in [1.807, 2.05) is 0 Å². The lowest BCUT2D eigenvalue weighted by atomic mass is 9.76. The van der Waals surface area contributed by atoms with Crippen molar-refractivity contribution in [1.29, 1.82) is 0 Å². The monoisotopic (exact) mass is 275 g/mol. The normalized spacial score (nSPS) is 22.2. The third-order valence-electron chi connectivity index (χ3n) is 4.84. The van der Waals surface area contributed by atoms with Crippen LogP contribution in [0.3, 0.4) is 0 Å². The van der Waals surface area contributed by atoms with Gasteiger partial charge in [-0.3, -0.25) is 0 Å². The summed E-state index contributed by atoms with van der Waals surface area (Å²) in [5.74, 6) is 2.35. The van der Waals surface area contributed by atoms with Gasteiger partial charge in [-0.25, -0.2) is 0 Å². The summed E-state index contributed by atoms with van der Waals surface area (Å²) in [5, 5.41) is 3.75. The van der Waals surface area contributed by atoms with Gasteiger partial charge in [-0.1, -0.05) is 38.8 Å². The zero-order valence-electron chi connectivity index (χ0n) is 13.2. The third kappa shape index (κ3) is 3.54. The fraction of sp³-hybridized carbons (Fsp3) is 0.667. The van der Waals surface area contributed by atoms with Gasteiger partial charge in [0.25, 0.3) is 0 Å². The maximum Gasteiger partial charge on any atom is 0.118 e. The molecule has 0 aromatic heterocycles. The second-order valence-electron chi connectivity index (χ2n) is 5.92. The van der Waals surface area contributed by atoms with Crippen LogP contribution in [0, 0.1) is 5.92 Å². The van der Waals surface area contributed by atoms with Gasteiger partial charge in [0.1, 0.15) is 5.75 Å². The predicted molar refractivity (Wildman–Crippen MR) is 85.4 cm³/mol. The predicted octanol–water partition coefficient (Wildman–Crippen LogP) is 4.36. The maximum absolute atomic E-state index is 5.27. The molecule has 1 aliphatic rings. The Balaban J connectivity index is 2.14. The van der Waals surface area contributed by atoms with E-state index >= 15 is 0 Å². The van der Waals surface area contributed by atoms with Crippen LogP contribution in [0.4, 0.5) is 0 Å². The molecule has 20 heavy (non-hydrogen) atoms. The van der Waals surface area contributed by atoms with Crippen LogP contribution in [-0.2, 0) is 0 Å². The highest BCUT2D eigenvalue weighted by atomic mass is 16.5. The summed E-state index contributed by atoms with van der Waals surface area (Å²) in [5.41, 5.74) is 1.47. The van der Waals surface area contributed by atoms with Gasteiger partial charge in [0.05, 0.1) is 7.11 Å². The van der Waals surface area contributed by atoms with Crippen molar-refractivity contribution in [1.82, 2.24) is 5.32 Å². The maximum atomic E-state index is 5.27. The highest BCUT2D eigenvalue weighted by Gasteiger charge is 2.29. The SMILES string of the molecule is CC[C@H]([C@H](CC)c1ccc(OC)cc1)[C@H]1CCCCN1. The van der Waals surface area contributed by atoms with Gasteiger partial charge in [0.2, 0.25) is 0 Å². The summed E-state index contributed by atoms with van der Waals surface area (Å²) in [4.78, 5) is 0. The van der Waals surface area contributed by atoms with Crippen molar-refractivity contribution in [3.05, 3.63) is 29.8 Å². The van der Waals surface area contributed by atoms with E-state index in [-0.39, 0.29) is 0 Å². The molecule has 2 heteroatoms. The summed E-state index contributed by atoms with van der Waals surface area (Å²) < 4.78 is 5.27. The van der Waals surface area contributed by atoms with Gasteiger partial charge in [-0.2, -0.15) is 0 Å². The van der Waals surface area contributed by atoms with Crippen molar-refractivity contribution in [2.24, 2.45) is 5.92 Å². The molecule has 1 aromatic rings. The zero-order chi connectivity index (χ0) is 14.4. The molecule has 1 heterocycles. The first-order valence-electron chi connectivity index (χ1n) is 8.17. The lowest BCUT2D eigenvalue weighted by Crippen LogP contribution is -2.42. The third-order valence-corrected chi connectivity index (χ3v) is 4.84. The first kappa shape index (κ1) is 15.4. The van der Waals surface area contributed by atoms with Gasteiger partial charge < -0.3 is 10.1 Å². The Kier molecular flexibility index (Phi) is 5.90. The molecular weight excluding hydrogens is 246 g/mol. The minimum atomic E-state index is 0.654. The van der Waals surface area contributed by atoms with E-state index in [4.69, 9.17) is 4.74 Å². The van der Waals surface area contributed by atoms with Crippen LogP contribution in [0.25, 0.3) is 0 Å². The number of ether oxygens (including phenoxy) is 1. The summed E-state index contributed by atoms with van der Waals surface area (Å²) in [7, 11) is 1.73. The molecule has 1 N–H and O–H groups in total. The van der Waals surface area contributed by atoms with Crippen molar-refractivity contribution >= 4 is 0 Å². The molecule has 1 aliphatic heterocycles. The molecule has 1 fully saturated rings. The number of hydrogen-bond acceptors (Lipinski definition) is 2. The number of hydrogen-bond donors (Lipinski definition) is 1. The second kappa shape index (κ2) is 7.68. The van der Waals surface area contributed by atoms with Crippen LogP contribution in [0.1, 0.15) is 57.4 Å². The zero-order valence-corrected chi connectivity index (χ0v) is 13.2. The number of benzene rings is 1. The molecule has 2 rings (SSSR count). The Labute approximate surface area is 123 Å². The average molecular weight is 275 g/mol. The van der Waals surface area contributed by atoms with E-state index in [9.17, 15) is 0 Å². The average Bonchev–Trinajstić information content (AvgIpc) is 2.53. The molecule has 2 nitrogen and oxygen atoms in total. The molecule has 1 saturated heterocycles. The Hall–Kier alpha value is -1.02. The number of nitrogens with one attached hydrogen (secondary N) is 1. The minimum Gasteiger partial charge on any atom is -0.497 e. The first-order chi connectivity index (χ1) is 9.80. The van der Waals surface area contributed by atoms with E-state index in [1.54, 1.807) is 7.11 Å². The van der Waals surface area contributed by atoms with Gasteiger partial charge in [0.15, 0.2) is 0 Å². The van der Waals surface area contributed by atoms with Crippen LogP contribution < -0.4 is 10.1 Å². The Bertz CT molecular complexity index is 381. The van der Waals surface area contributed by atoms with Gasteiger partial charge in [0, 0.05) is 6.04 Å². The molecule has 0 radical (unpaired) electrons. The van der Waals surface area contributed by atoms with Crippen LogP contribution in [-0.4, -0.2) is 19.7 Å². The van der Waals surface area contributed by atoms with Crippen LogP contribution >= 0.6 is 0 Å². The molecule has 0 amide bonds. The molecule has 0 unspecified atom stereocenters. The van der Waals surface area contributed by atoms with Gasteiger partial charge in [-0.15, -0.1) is 0 Å². The number of methoxy groups -OCH3 is 1. The first-order valence-corrected chi connectivity index (χ1v) is 8.17. The summed E-state index contributed by atoms with van der Waals surface area (Å²) >= 11 is 0. The van der Waals surface area contributed by atoms with Crippen LogP contribution in [0.2, 0.25) is 0 Å². The van der Waals surface area contributed by atoms with Crippen molar-refractivity contribution in [3.63, 3.8) is 0 Å². The standard InChI is InChI=1S/C18H29NO/c1-4-16(14-9-11-15(20-3)12-10-14)17(5-2)18-8-6-7-13-19-18/h9-12,16-19H,4-8,13H2,1-3H3/t16-,17-,18-/m1/s1. The molecule has 0 aliphatic carbocycles. The highest BCUT2D eigenvalue weighted by Crippen LogP contribution is 2.35. The van der Waals surface area contributed by atoms with E-state index in [0.29, 0.717) is 12.0 Å². The second-order valence-corrected chi connectivity index (χ2v) is 5.92. The van der Waals surface area contributed by atoms with Gasteiger partial charge >= 0.3 is 0 Å². The van der Waals surface area contributed by atoms with E-state index in [0.717, 1.165) is 11.7 Å². The summed E-state index contributed by atoms with van der Waals surface area (Å²) in [6, 6.07) is 9.38. The van der Waals surface area contributed by atoms with Crippen molar-refractivity contribution < 1.29 is 4.74 Å². The summed E-state index contributed by atoms with van der Waals surface area (Å²) in [6.07, 6.45) is 6.52. The van der Waals surface area contributed by atoms with Crippen molar-refractivity contribution in [2.45, 2.75) is 57.9 Å². The quantitative estimate of drug-likeness (QED) is 0.833. The van der Waals surface area contributed by atoms with E-state index in [1.165, 1.54) is 44.2 Å². The summed E-state index contributed by atoms with van der Waals surface area (Å²) in [6.45, 7) is 5.85. The van der Waals surface area contributed by atoms with Crippen molar-refractivity contribution in [3.8, 4) is 5.75 Å². The topological polar surface area (TPSA) is 21.3 Å². The van der Waals surface area contributed by atoms with E-state index in [2.05, 4.69) is 43.4 Å². The fourth-order valence-electron chi connectivity index (χ4n) is 3.73. The van der Waals surface area contributed by atoms with Gasteiger partial charge in [-0.05, 0) is 55.3 Å². The molecule has 0 spiro atoms. The lowest BCUT2D eigenvalue weighted by Gasteiger charge is -2.36. The molecule has 1 aromatic carbocycles. The molecule has 112 valence electrons. The van der Waals surface area contributed by atoms with Crippen LogP contribution in [0.5, 0.6) is 5.75 Å². The number of rotatable bonds is 6. The highest BCUT2D eigenvalue weighted by molar-refractivity contribution is 5.30. The Morgan fingerprint density at radius 2 is 1.90 bits per heavy atom. The Morgan fingerprint density at radius 3 is 2.40 bits per heavy atom.